The second kappa shape index (κ2) is 8.59. The minimum absolute atomic E-state index is 0.00561. The summed E-state index contributed by atoms with van der Waals surface area (Å²) in [5, 5.41) is 0. The standard InChI is InChI=1S/C31H42N4O3/c1-19-16-20(2)33-27(32-19)34(6)25-11-13-30-12-10-23(25)31(30)14-15-35(28(36)38-29(3,4)5)26(30)17-21-8-9-22(37-7)18-24(21)31/h8-9,16,18,23,25-26H,10-15,17H2,1-7H3. The number of fused-ring (bicyclic) bond motifs is 1. The molecule has 1 aromatic carbocycles. The van der Waals surface area contributed by atoms with Crippen LogP contribution in [0.4, 0.5) is 10.7 Å². The third-order valence-electron chi connectivity index (χ3n) is 10.2. The van der Waals surface area contributed by atoms with Crippen LogP contribution in [0.15, 0.2) is 24.3 Å². The molecule has 5 unspecified atom stereocenters. The van der Waals surface area contributed by atoms with E-state index in [1.54, 1.807) is 7.11 Å². The van der Waals surface area contributed by atoms with Crippen LogP contribution >= 0.6 is 0 Å². The number of piperidine rings is 1. The smallest absolute Gasteiger partial charge is 0.410 e. The number of nitrogens with zero attached hydrogens (tertiary/aromatic N) is 4. The van der Waals surface area contributed by atoms with Gasteiger partial charge >= 0.3 is 6.09 Å². The van der Waals surface area contributed by atoms with Crippen molar-refractivity contribution >= 4 is 12.0 Å². The molecule has 0 radical (unpaired) electrons. The average molecular weight is 519 g/mol. The summed E-state index contributed by atoms with van der Waals surface area (Å²) in [5.41, 5.74) is 4.37. The van der Waals surface area contributed by atoms with E-state index in [9.17, 15) is 4.79 Å². The third-order valence-corrected chi connectivity index (χ3v) is 10.2. The fourth-order valence-electron chi connectivity index (χ4n) is 8.95. The van der Waals surface area contributed by atoms with Gasteiger partial charge < -0.3 is 19.3 Å². The molecule has 1 aromatic heterocycles. The van der Waals surface area contributed by atoms with Gasteiger partial charge in [-0.15, -0.1) is 0 Å². The molecule has 0 spiro atoms. The molecule has 38 heavy (non-hydrogen) atoms. The molecule has 1 aliphatic heterocycles. The first-order chi connectivity index (χ1) is 18.0. The van der Waals surface area contributed by atoms with Gasteiger partial charge in [0.15, 0.2) is 0 Å². The van der Waals surface area contributed by atoms with Crippen molar-refractivity contribution in [3.63, 3.8) is 0 Å². The van der Waals surface area contributed by atoms with E-state index in [0.29, 0.717) is 12.0 Å². The Hall–Kier alpha value is -2.83. The number of methoxy groups -OCH3 is 1. The highest BCUT2D eigenvalue weighted by atomic mass is 16.6. The van der Waals surface area contributed by atoms with Crippen LogP contribution < -0.4 is 9.64 Å². The molecule has 2 saturated carbocycles. The maximum absolute atomic E-state index is 13.6. The Bertz CT molecular complexity index is 1250. The molecule has 2 heterocycles. The topological polar surface area (TPSA) is 67.8 Å². The Kier molecular flexibility index (Phi) is 5.75. The number of aryl methyl sites for hydroxylation is 2. The molecule has 5 atom stereocenters. The predicted octanol–water partition coefficient (Wildman–Crippen LogP) is 5.60. The van der Waals surface area contributed by atoms with Crippen LogP contribution in [0, 0.1) is 25.2 Å². The summed E-state index contributed by atoms with van der Waals surface area (Å²) in [5.74, 6) is 2.21. The van der Waals surface area contributed by atoms with Gasteiger partial charge in [-0.1, -0.05) is 6.07 Å². The molecule has 2 aromatic rings. The summed E-state index contributed by atoms with van der Waals surface area (Å²) >= 11 is 0. The number of hydrogen-bond donors (Lipinski definition) is 0. The van der Waals surface area contributed by atoms with Gasteiger partial charge in [-0.25, -0.2) is 14.8 Å². The van der Waals surface area contributed by atoms with E-state index in [2.05, 4.69) is 35.0 Å². The summed E-state index contributed by atoms with van der Waals surface area (Å²) < 4.78 is 11.7. The van der Waals surface area contributed by atoms with Crippen LogP contribution in [0.2, 0.25) is 0 Å². The molecule has 1 saturated heterocycles. The highest BCUT2D eigenvalue weighted by molar-refractivity contribution is 5.70. The number of aromatic nitrogens is 2. The molecule has 0 N–H and O–H groups in total. The number of anilines is 1. The zero-order valence-corrected chi connectivity index (χ0v) is 24.0. The number of rotatable bonds is 3. The van der Waals surface area contributed by atoms with Crippen molar-refractivity contribution in [3.8, 4) is 5.75 Å². The molecule has 3 fully saturated rings. The van der Waals surface area contributed by atoms with Gasteiger partial charge in [-0.2, -0.15) is 0 Å². The summed E-state index contributed by atoms with van der Waals surface area (Å²) in [6.07, 6.45) is 6.13. The highest BCUT2D eigenvalue weighted by Crippen LogP contribution is 2.72. The van der Waals surface area contributed by atoms with E-state index < -0.39 is 5.60 Å². The molecule has 4 bridgehead atoms. The number of carbonyl (C=O) groups excluding carboxylic acids is 1. The van der Waals surface area contributed by atoms with Crippen molar-refractivity contribution in [3.05, 3.63) is 46.8 Å². The van der Waals surface area contributed by atoms with E-state index in [-0.39, 0.29) is 23.0 Å². The van der Waals surface area contributed by atoms with Gasteiger partial charge in [0.05, 0.1) is 7.11 Å². The van der Waals surface area contributed by atoms with Gasteiger partial charge in [0, 0.05) is 47.9 Å². The number of hydrogen-bond acceptors (Lipinski definition) is 6. The number of likely N-dealkylation sites (tertiary alicyclic amines) is 1. The molecule has 204 valence electrons. The molecule has 3 aliphatic carbocycles. The Labute approximate surface area is 226 Å². The molecule has 7 heteroatoms. The second-order valence-electron chi connectivity index (χ2n) is 13.1. The van der Waals surface area contributed by atoms with E-state index >= 15 is 0 Å². The lowest BCUT2D eigenvalue weighted by Crippen LogP contribution is -2.71. The zero-order chi connectivity index (χ0) is 27.0. The first kappa shape index (κ1) is 25.4. The fourth-order valence-corrected chi connectivity index (χ4v) is 8.95. The van der Waals surface area contributed by atoms with E-state index in [1.165, 1.54) is 11.1 Å². The lowest BCUT2D eigenvalue weighted by Gasteiger charge is -2.66. The third kappa shape index (κ3) is 3.56. The van der Waals surface area contributed by atoms with Crippen molar-refractivity contribution in [1.82, 2.24) is 14.9 Å². The van der Waals surface area contributed by atoms with Crippen LogP contribution in [0.1, 0.15) is 75.4 Å². The SMILES string of the molecule is COc1ccc2c(c1)C13CCN(C(=O)OC(C)(C)C)C(C2)C12CCC(N(C)c1nc(C)cc(C)n1)C3CC2. The quantitative estimate of drug-likeness (QED) is 0.527. The van der Waals surface area contributed by atoms with E-state index in [1.807, 2.05) is 40.7 Å². The Morgan fingerprint density at radius 2 is 1.79 bits per heavy atom. The molecular formula is C31H42N4O3. The Morgan fingerprint density at radius 1 is 1.08 bits per heavy atom. The minimum atomic E-state index is -0.506. The summed E-state index contributed by atoms with van der Waals surface area (Å²) in [6.45, 7) is 10.7. The van der Waals surface area contributed by atoms with Crippen LogP contribution in [0.5, 0.6) is 5.75 Å². The van der Waals surface area contributed by atoms with Gasteiger partial charge in [-0.05, 0) is 108 Å². The van der Waals surface area contributed by atoms with E-state index in [4.69, 9.17) is 19.4 Å². The monoisotopic (exact) mass is 518 g/mol. The molecule has 6 rings (SSSR count). The number of ether oxygens (including phenoxy) is 2. The Morgan fingerprint density at radius 3 is 2.47 bits per heavy atom. The molecular weight excluding hydrogens is 476 g/mol. The average Bonchev–Trinajstić information content (AvgIpc) is 3.07. The van der Waals surface area contributed by atoms with Crippen LogP contribution in [0.3, 0.4) is 0 Å². The molecule has 4 aliphatic rings. The highest BCUT2D eigenvalue weighted by Gasteiger charge is 2.72. The van der Waals surface area contributed by atoms with Crippen molar-refractivity contribution in [2.45, 2.75) is 96.2 Å². The largest absolute Gasteiger partial charge is 0.497 e. The van der Waals surface area contributed by atoms with Crippen LogP contribution in [-0.4, -0.2) is 59.3 Å². The lowest BCUT2D eigenvalue weighted by atomic mass is 9.43. The first-order valence-corrected chi connectivity index (χ1v) is 14.2. The number of benzene rings is 1. The maximum Gasteiger partial charge on any atom is 0.410 e. The first-order valence-electron chi connectivity index (χ1n) is 14.2. The van der Waals surface area contributed by atoms with Crippen molar-refractivity contribution in [1.29, 1.82) is 0 Å². The second-order valence-corrected chi connectivity index (χ2v) is 13.1. The van der Waals surface area contributed by atoms with Crippen molar-refractivity contribution < 1.29 is 14.3 Å². The summed E-state index contributed by atoms with van der Waals surface area (Å²) in [4.78, 5) is 27.7. The lowest BCUT2D eigenvalue weighted by molar-refractivity contribution is -0.0926. The Balaban J connectivity index is 1.46. The molecule has 1 amide bonds. The van der Waals surface area contributed by atoms with Gasteiger partial charge in [0.25, 0.3) is 0 Å². The maximum atomic E-state index is 13.6. The summed E-state index contributed by atoms with van der Waals surface area (Å²) in [6, 6.07) is 9.18. The molecule has 7 nitrogen and oxygen atoms in total. The predicted molar refractivity (Wildman–Crippen MR) is 148 cm³/mol. The normalized spacial score (nSPS) is 31.3. The fraction of sp³-hybridized carbons (Fsp3) is 0.645. The summed E-state index contributed by atoms with van der Waals surface area (Å²) in [7, 11) is 3.94. The van der Waals surface area contributed by atoms with Crippen LogP contribution in [-0.2, 0) is 16.6 Å². The van der Waals surface area contributed by atoms with Gasteiger partial charge in [0.2, 0.25) is 5.95 Å². The van der Waals surface area contributed by atoms with Gasteiger partial charge in [-0.3, -0.25) is 0 Å². The van der Waals surface area contributed by atoms with Crippen LogP contribution in [0.25, 0.3) is 0 Å². The zero-order valence-electron chi connectivity index (χ0n) is 24.0. The number of amides is 1. The van der Waals surface area contributed by atoms with Crippen molar-refractivity contribution in [2.75, 3.05) is 25.6 Å². The number of carbonyl (C=O) groups is 1. The van der Waals surface area contributed by atoms with Crippen molar-refractivity contribution in [2.24, 2.45) is 11.3 Å². The van der Waals surface area contributed by atoms with E-state index in [0.717, 1.165) is 68.2 Å². The minimum Gasteiger partial charge on any atom is -0.497 e. The van der Waals surface area contributed by atoms with Gasteiger partial charge in [0.1, 0.15) is 11.4 Å².